The molecule has 0 saturated heterocycles. The molecule has 0 fully saturated rings. The van der Waals surface area contributed by atoms with E-state index in [0.717, 1.165) is 6.42 Å². The third-order valence-electron chi connectivity index (χ3n) is 2.90. The molecule has 0 aromatic heterocycles. The van der Waals surface area contributed by atoms with Gasteiger partial charge in [0.2, 0.25) is 0 Å². The zero-order valence-electron chi connectivity index (χ0n) is 10.6. The van der Waals surface area contributed by atoms with Crippen LogP contribution >= 0.6 is 15.9 Å². The fourth-order valence-electron chi connectivity index (χ4n) is 1.90. The van der Waals surface area contributed by atoms with E-state index in [1.54, 1.807) is 0 Å². The van der Waals surface area contributed by atoms with Crippen LogP contribution < -0.4 is 5.32 Å². The first-order chi connectivity index (χ1) is 7.49. The van der Waals surface area contributed by atoms with Crippen molar-refractivity contribution in [2.75, 3.05) is 0 Å². The van der Waals surface area contributed by atoms with Gasteiger partial charge in [0, 0.05) is 16.6 Å². The molecule has 0 aliphatic rings. The van der Waals surface area contributed by atoms with Gasteiger partial charge in [0.15, 0.2) is 0 Å². The Kier molecular flexibility index (Phi) is 5.50. The predicted octanol–water partition coefficient (Wildman–Crippen LogP) is 4.01. The van der Waals surface area contributed by atoms with Gasteiger partial charge >= 0.3 is 0 Å². The van der Waals surface area contributed by atoms with Crippen LogP contribution in [0.3, 0.4) is 0 Å². The molecule has 0 aliphatic heterocycles. The monoisotopic (exact) mass is 283 g/mol. The molecule has 1 aromatic carbocycles. The molecule has 1 aromatic rings. The Labute approximate surface area is 108 Å². The highest BCUT2D eigenvalue weighted by molar-refractivity contribution is 9.10. The molecule has 1 rings (SSSR count). The van der Waals surface area contributed by atoms with Crippen LogP contribution in [0.4, 0.5) is 0 Å². The standard InChI is InChI=1S/C14H22BrN/c1-10(2)16-12(4)11(3)8-13-6-5-7-14(15)9-13/h5-7,9-12,16H,8H2,1-4H3. The highest BCUT2D eigenvalue weighted by Crippen LogP contribution is 2.17. The summed E-state index contributed by atoms with van der Waals surface area (Å²) in [5.74, 6) is 0.650. The van der Waals surface area contributed by atoms with E-state index in [9.17, 15) is 0 Å². The summed E-state index contributed by atoms with van der Waals surface area (Å²) >= 11 is 3.51. The summed E-state index contributed by atoms with van der Waals surface area (Å²) in [6.45, 7) is 8.97. The Morgan fingerprint density at radius 1 is 1.19 bits per heavy atom. The Hall–Kier alpha value is -0.340. The van der Waals surface area contributed by atoms with Gasteiger partial charge in [-0.15, -0.1) is 0 Å². The van der Waals surface area contributed by atoms with E-state index in [1.165, 1.54) is 10.0 Å². The van der Waals surface area contributed by atoms with Crippen molar-refractivity contribution in [2.24, 2.45) is 5.92 Å². The summed E-state index contributed by atoms with van der Waals surface area (Å²) in [6, 6.07) is 9.69. The van der Waals surface area contributed by atoms with E-state index in [0.29, 0.717) is 18.0 Å². The van der Waals surface area contributed by atoms with Crippen LogP contribution in [0.2, 0.25) is 0 Å². The van der Waals surface area contributed by atoms with Crippen molar-refractivity contribution in [3.8, 4) is 0 Å². The predicted molar refractivity (Wildman–Crippen MR) is 74.7 cm³/mol. The maximum atomic E-state index is 3.57. The van der Waals surface area contributed by atoms with E-state index < -0.39 is 0 Å². The van der Waals surface area contributed by atoms with E-state index >= 15 is 0 Å². The molecule has 90 valence electrons. The van der Waals surface area contributed by atoms with Crippen molar-refractivity contribution in [1.82, 2.24) is 5.32 Å². The van der Waals surface area contributed by atoms with Crippen molar-refractivity contribution >= 4 is 15.9 Å². The van der Waals surface area contributed by atoms with Gasteiger partial charge in [0.05, 0.1) is 0 Å². The first-order valence-corrected chi connectivity index (χ1v) is 6.79. The van der Waals surface area contributed by atoms with Gasteiger partial charge in [-0.3, -0.25) is 0 Å². The van der Waals surface area contributed by atoms with E-state index in [4.69, 9.17) is 0 Å². The number of halogens is 1. The molecule has 0 amide bonds. The summed E-state index contributed by atoms with van der Waals surface area (Å²) in [7, 11) is 0. The van der Waals surface area contributed by atoms with Crippen LogP contribution in [0.25, 0.3) is 0 Å². The lowest BCUT2D eigenvalue weighted by Gasteiger charge is -2.23. The smallest absolute Gasteiger partial charge is 0.0177 e. The van der Waals surface area contributed by atoms with Gasteiger partial charge in [-0.25, -0.2) is 0 Å². The summed E-state index contributed by atoms with van der Waals surface area (Å²) in [5.41, 5.74) is 1.40. The first-order valence-electron chi connectivity index (χ1n) is 5.99. The Balaban J connectivity index is 2.53. The lowest BCUT2D eigenvalue weighted by Crippen LogP contribution is -2.37. The molecule has 2 atom stereocenters. The third-order valence-corrected chi connectivity index (χ3v) is 3.39. The quantitative estimate of drug-likeness (QED) is 0.861. The van der Waals surface area contributed by atoms with Crippen molar-refractivity contribution in [3.05, 3.63) is 34.3 Å². The average molecular weight is 284 g/mol. The molecule has 2 heteroatoms. The minimum Gasteiger partial charge on any atom is -0.312 e. The summed E-state index contributed by atoms with van der Waals surface area (Å²) < 4.78 is 1.17. The molecule has 0 radical (unpaired) electrons. The lowest BCUT2D eigenvalue weighted by atomic mass is 9.94. The second-order valence-electron chi connectivity index (χ2n) is 4.92. The fourth-order valence-corrected chi connectivity index (χ4v) is 2.35. The van der Waals surface area contributed by atoms with E-state index in [1.807, 2.05) is 0 Å². The van der Waals surface area contributed by atoms with Crippen LogP contribution in [-0.2, 0) is 6.42 Å². The molecule has 0 saturated carbocycles. The highest BCUT2D eigenvalue weighted by atomic mass is 79.9. The average Bonchev–Trinajstić information content (AvgIpc) is 2.16. The van der Waals surface area contributed by atoms with Gasteiger partial charge in [-0.05, 0) is 37.0 Å². The summed E-state index contributed by atoms with van der Waals surface area (Å²) in [6.07, 6.45) is 1.13. The topological polar surface area (TPSA) is 12.0 Å². The van der Waals surface area contributed by atoms with Crippen molar-refractivity contribution in [1.29, 1.82) is 0 Å². The van der Waals surface area contributed by atoms with Gasteiger partial charge < -0.3 is 5.32 Å². The number of benzene rings is 1. The van der Waals surface area contributed by atoms with Crippen LogP contribution in [-0.4, -0.2) is 12.1 Å². The molecule has 2 unspecified atom stereocenters. The molecular formula is C14H22BrN. The minimum atomic E-state index is 0.555. The molecule has 16 heavy (non-hydrogen) atoms. The highest BCUT2D eigenvalue weighted by Gasteiger charge is 2.13. The Morgan fingerprint density at radius 3 is 2.44 bits per heavy atom. The molecule has 0 aliphatic carbocycles. The number of hydrogen-bond donors (Lipinski definition) is 1. The van der Waals surface area contributed by atoms with Crippen LogP contribution in [0.15, 0.2) is 28.7 Å². The third kappa shape index (κ3) is 4.67. The lowest BCUT2D eigenvalue weighted by molar-refractivity contribution is 0.372. The second kappa shape index (κ2) is 6.41. The second-order valence-corrected chi connectivity index (χ2v) is 5.84. The molecule has 1 N–H and O–H groups in total. The normalized spacial score (nSPS) is 15.1. The largest absolute Gasteiger partial charge is 0.312 e. The number of hydrogen-bond acceptors (Lipinski definition) is 1. The van der Waals surface area contributed by atoms with Crippen molar-refractivity contribution < 1.29 is 0 Å². The Morgan fingerprint density at radius 2 is 1.88 bits per heavy atom. The SMILES string of the molecule is CC(C)NC(C)C(C)Cc1cccc(Br)c1. The molecule has 0 spiro atoms. The summed E-state index contributed by atoms with van der Waals surface area (Å²) in [4.78, 5) is 0. The van der Waals surface area contributed by atoms with Gasteiger partial charge in [-0.1, -0.05) is 48.8 Å². The van der Waals surface area contributed by atoms with Crippen molar-refractivity contribution in [2.45, 2.75) is 46.2 Å². The first kappa shape index (κ1) is 13.7. The number of nitrogens with one attached hydrogen (secondary N) is 1. The molecule has 0 heterocycles. The van der Waals surface area contributed by atoms with Gasteiger partial charge in [0.1, 0.15) is 0 Å². The Bertz CT molecular complexity index is 322. The van der Waals surface area contributed by atoms with Crippen molar-refractivity contribution in [3.63, 3.8) is 0 Å². The van der Waals surface area contributed by atoms with Crippen LogP contribution in [0, 0.1) is 5.92 Å². The van der Waals surface area contributed by atoms with E-state index in [2.05, 4.69) is 73.2 Å². The molecule has 0 bridgehead atoms. The zero-order chi connectivity index (χ0) is 12.1. The molecular weight excluding hydrogens is 262 g/mol. The molecule has 1 nitrogen and oxygen atoms in total. The van der Waals surface area contributed by atoms with Crippen LogP contribution in [0.1, 0.15) is 33.3 Å². The van der Waals surface area contributed by atoms with Gasteiger partial charge in [0.25, 0.3) is 0 Å². The maximum Gasteiger partial charge on any atom is 0.0177 e. The number of rotatable bonds is 5. The van der Waals surface area contributed by atoms with Gasteiger partial charge in [-0.2, -0.15) is 0 Å². The van der Waals surface area contributed by atoms with Crippen LogP contribution in [0.5, 0.6) is 0 Å². The summed E-state index contributed by atoms with van der Waals surface area (Å²) in [5, 5.41) is 3.57. The fraction of sp³-hybridized carbons (Fsp3) is 0.571. The zero-order valence-corrected chi connectivity index (χ0v) is 12.2. The maximum absolute atomic E-state index is 3.57. The minimum absolute atomic E-state index is 0.555. The van der Waals surface area contributed by atoms with E-state index in [-0.39, 0.29) is 0 Å².